The molecule has 53 heavy (non-hydrogen) atoms. The van der Waals surface area contributed by atoms with Crippen LogP contribution in [0, 0.1) is 5.82 Å². The van der Waals surface area contributed by atoms with E-state index in [9.17, 15) is 9.59 Å². The summed E-state index contributed by atoms with van der Waals surface area (Å²) < 4.78 is 22.5. The molecule has 2 aromatic heterocycles. The van der Waals surface area contributed by atoms with E-state index in [1.807, 2.05) is 29.1 Å². The fraction of sp³-hybridized carbons (Fsp3) is 0.512. The first-order chi connectivity index (χ1) is 25.7. The molecule has 0 saturated carbocycles. The minimum Gasteiger partial charge on any atom is -0.381 e. The van der Waals surface area contributed by atoms with Gasteiger partial charge >= 0.3 is 0 Å². The molecule has 0 aliphatic carbocycles. The maximum Gasteiger partial charge on any atom is 0.220 e. The van der Waals surface area contributed by atoms with Crippen molar-refractivity contribution >= 4 is 28.5 Å². The van der Waals surface area contributed by atoms with Crippen molar-refractivity contribution in [1.29, 1.82) is 0 Å². The number of nitrogens with one attached hydrogen (secondary N) is 4. The molecule has 6 rings (SSSR count). The number of carbonyl (C=O) groups is 2. The van der Waals surface area contributed by atoms with Gasteiger partial charge in [-0.1, -0.05) is 31.2 Å². The lowest BCUT2D eigenvalue weighted by Crippen LogP contribution is -2.53. The number of hydrogen-bond acceptors (Lipinski definition) is 8. The van der Waals surface area contributed by atoms with E-state index >= 15 is 4.39 Å². The average molecular weight is 727 g/mol. The van der Waals surface area contributed by atoms with Crippen molar-refractivity contribution < 1.29 is 18.7 Å². The number of carbonyl (C=O) groups excluding carboxylic acids is 2. The van der Waals surface area contributed by atoms with Gasteiger partial charge in [-0.2, -0.15) is 5.10 Å². The summed E-state index contributed by atoms with van der Waals surface area (Å²) in [5, 5.41) is 18.8. The summed E-state index contributed by atoms with van der Waals surface area (Å²) in [6.07, 6.45) is 5.25. The van der Waals surface area contributed by atoms with Crippen molar-refractivity contribution in [2.24, 2.45) is 0 Å². The van der Waals surface area contributed by atoms with E-state index in [4.69, 9.17) is 9.72 Å². The van der Waals surface area contributed by atoms with Crippen molar-refractivity contribution in [3.8, 4) is 11.1 Å². The maximum absolute atomic E-state index is 15.1. The Morgan fingerprint density at radius 3 is 2.53 bits per heavy atom. The number of nitrogens with zero attached hydrogens (tertiary/aromatic N) is 4. The molecule has 0 radical (unpaired) electrons. The van der Waals surface area contributed by atoms with Crippen molar-refractivity contribution in [2.45, 2.75) is 111 Å². The molecule has 4 aromatic rings. The van der Waals surface area contributed by atoms with Crippen LogP contribution in [0.15, 0.2) is 48.7 Å². The Morgan fingerprint density at radius 1 is 1.00 bits per heavy atom. The van der Waals surface area contributed by atoms with Crippen LogP contribution in [0.3, 0.4) is 0 Å². The molecule has 0 spiro atoms. The van der Waals surface area contributed by atoms with Gasteiger partial charge in [-0.3, -0.25) is 14.5 Å². The number of ether oxygens (including phenoxy) is 1. The summed E-state index contributed by atoms with van der Waals surface area (Å²) in [7, 11) is 0. The fourth-order valence-electron chi connectivity index (χ4n) is 7.37. The molecule has 4 heterocycles. The van der Waals surface area contributed by atoms with E-state index in [-0.39, 0.29) is 43.1 Å². The van der Waals surface area contributed by atoms with Gasteiger partial charge in [0.1, 0.15) is 5.82 Å². The minimum atomic E-state index is -0.295. The van der Waals surface area contributed by atoms with Crippen LogP contribution >= 0.6 is 0 Å². The summed E-state index contributed by atoms with van der Waals surface area (Å²) in [6, 6.07) is 14.2. The number of rotatable bonds is 15. The number of benzene rings is 2. The maximum atomic E-state index is 15.1. The molecule has 2 amide bonds. The summed E-state index contributed by atoms with van der Waals surface area (Å²) in [6.45, 7) is 14.0. The largest absolute Gasteiger partial charge is 0.381 e. The molecular weight excluding hydrogens is 672 g/mol. The Bertz CT molecular complexity index is 1870. The Kier molecular flexibility index (Phi) is 13.1. The molecular formula is C41H55FN8O3. The predicted octanol–water partition coefficient (Wildman–Crippen LogP) is 5.70. The molecule has 2 fully saturated rings. The van der Waals surface area contributed by atoms with Gasteiger partial charge in [0.2, 0.25) is 11.8 Å². The van der Waals surface area contributed by atoms with Crippen molar-refractivity contribution in [3.63, 3.8) is 0 Å². The smallest absolute Gasteiger partial charge is 0.220 e. The monoisotopic (exact) mass is 726 g/mol. The molecule has 2 aliphatic heterocycles. The molecule has 2 atom stereocenters. The Labute approximate surface area is 312 Å². The molecule has 0 bridgehead atoms. The van der Waals surface area contributed by atoms with Gasteiger partial charge in [0.15, 0.2) is 5.65 Å². The lowest BCUT2D eigenvalue weighted by molar-refractivity contribution is -0.122. The van der Waals surface area contributed by atoms with E-state index in [1.54, 1.807) is 6.07 Å². The topological polar surface area (TPSA) is 125 Å². The molecule has 11 nitrogen and oxygen atoms in total. The van der Waals surface area contributed by atoms with Crippen LogP contribution < -0.4 is 21.3 Å². The zero-order valence-electron chi connectivity index (χ0n) is 31.6. The molecule has 12 heteroatoms. The predicted molar refractivity (Wildman–Crippen MR) is 207 cm³/mol. The molecule has 284 valence electrons. The highest BCUT2D eigenvalue weighted by Crippen LogP contribution is 2.31. The first-order valence-corrected chi connectivity index (χ1v) is 19.3. The van der Waals surface area contributed by atoms with Gasteiger partial charge in [-0.05, 0) is 81.3 Å². The van der Waals surface area contributed by atoms with Crippen LogP contribution in [0.1, 0.15) is 82.2 Å². The first kappa shape index (κ1) is 38.3. The zero-order valence-corrected chi connectivity index (χ0v) is 31.6. The Balaban J connectivity index is 1.01. The number of anilines is 1. The number of aromatic nitrogens is 3. The Hall–Kier alpha value is -4.39. The highest BCUT2D eigenvalue weighted by Gasteiger charge is 2.24. The van der Waals surface area contributed by atoms with Crippen molar-refractivity contribution in [1.82, 2.24) is 35.6 Å². The number of fused-ring (bicyclic) bond motifs is 1. The van der Waals surface area contributed by atoms with Crippen LogP contribution in [0.25, 0.3) is 22.2 Å². The molecule has 2 saturated heterocycles. The molecule has 2 aromatic carbocycles. The number of halogens is 1. The highest BCUT2D eigenvalue weighted by atomic mass is 19.1. The summed E-state index contributed by atoms with van der Waals surface area (Å²) in [5.41, 5.74) is 7.02. The summed E-state index contributed by atoms with van der Waals surface area (Å²) >= 11 is 0. The van der Waals surface area contributed by atoms with Gasteiger partial charge in [0, 0.05) is 100 Å². The molecule has 0 unspecified atom stereocenters. The first-order valence-electron chi connectivity index (χ1n) is 19.3. The lowest BCUT2D eigenvalue weighted by Gasteiger charge is -2.37. The van der Waals surface area contributed by atoms with E-state index in [1.165, 1.54) is 6.07 Å². The zero-order chi connectivity index (χ0) is 37.3. The number of amides is 2. The van der Waals surface area contributed by atoms with Gasteiger partial charge < -0.3 is 26.0 Å². The third kappa shape index (κ3) is 9.78. The third-order valence-corrected chi connectivity index (χ3v) is 10.5. The van der Waals surface area contributed by atoms with Crippen LogP contribution in [0.5, 0.6) is 0 Å². The average Bonchev–Trinajstić information content (AvgIpc) is 3.59. The quantitative estimate of drug-likeness (QED) is 0.123. The highest BCUT2D eigenvalue weighted by molar-refractivity contribution is 5.92. The van der Waals surface area contributed by atoms with E-state index in [0.717, 1.165) is 103 Å². The van der Waals surface area contributed by atoms with Crippen LogP contribution in [-0.4, -0.2) is 75.9 Å². The normalized spacial score (nSPS) is 18.3. The van der Waals surface area contributed by atoms with E-state index in [2.05, 4.69) is 71.1 Å². The van der Waals surface area contributed by atoms with Gasteiger partial charge in [0.25, 0.3) is 0 Å². The number of pyridine rings is 1. The second-order valence-corrected chi connectivity index (χ2v) is 14.5. The van der Waals surface area contributed by atoms with Gasteiger partial charge in [0.05, 0.1) is 17.3 Å². The van der Waals surface area contributed by atoms with Crippen LogP contribution in [0.4, 0.5) is 10.1 Å². The standard InChI is InChI=1S/C41H55FN8O3/c1-5-37-34(40(47-32-15-17-53-18-16-32)35-24-46-50(6-2)41(35)48-37)23-45-39(52)12-8-11-38(51)44-22-29-13-14-36(42)33(20-29)31-10-7-9-30(19-31)26-49-25-27(3)43-21-28(49)4/h7,9-10,13-14,19-20,24,27-28,32,43H,5-6,8,11-12,15-18,21-23,25-26H2,1-4H3,(H,44,51)(H,45,52)(H,47,48)/t27-,28+/m0/s1. The minimum absolute atomic E-state index is 0.118. The number of piperazine rings is 1. The van der Waals surface area contributed by atoms with Crippen molar-refractivity contribution in [2.75, 3.05) is 31.6 Å². The number of hydrogen-bond donors (Lipinski definition) is 4. The molecule has 4 N–H and O–H groups in total. The molecule has 2 aliphatic rings. The lowest BCUT2D eigenvalue weighted by atomic mass is 9.99. The SMILES string of the molecule is CCc1nc2c(cnn2CC)c(NC2CCOCC2)c1CNC(=O)CCCC(=O)NCc1ccc(F)c(-c2cccc(CN3C[C@H](C)NC[C@H]3C)c2)c1. The summed E-state index contributed by atoms with van der Waals surface area (Å²) in [5.74, 6) is -0.562. The van der Waals surface area contributed by atoms with Gasteiger partial charge in [-0.25, -0.2) is 14.1 Å². The fourth-order valence-corrected chi connectivity index (χ4v) is 7.37. The third-order valence-electron chi connectivity index (χ3n) is 10.5. The second-order valence-electron chi connectivity index (χ2n) is 14.5. The van der Waals surface area contributed by atoms with Crippen LogP contribution in [-0.2, 0) is 46.9 Å². The summed E-state index contributed by atoms with van der Waals surface area (Å²) in [4.78, 5) is 33.2. The van der Waals surface area contributed by atoms with E-state index < -0.39 is 0 Å². The second kappa shape index (κ2) is 18.1. The van der Waals surface area contributed by atoms with Crippen molar-refractivity contribution in [3.05, 3.63) is 76.9 Å². The Morgan fingerprint density at radius 2 is 1.77 bits per heavy atom. The number of aryl methyl sites for hydroxylation is 2. The van der Waals surface area contributed by atoms with Crippen LogP contribution in [0.2, 0.25) is 0 Å². The van der Waals surface area contributed by atoms with Gasteiger partial charge in [-0.15, -0.1) is 0 Å². The van der Waals surface area contributed by atoms with E-state index in [0.29, 0.717) is 30.6 Å².